The lowest BCUT2D eigenvalue weighted by Gasteiger charge is -2.34. The van der Waals surface area contributed by atoms with Crippen molar-refractivity contribution in [3.63, 3.8) is 0 Å². The van der Waals surface area contributed by atoms with Gasteiger partial charge in [-0.2, -0.15) is 0 Å². The molecule has 0 unspecified atom stereocenters. The van der Waals surface area contributed by atoms with Gasteiger partial charge in [-0.1, -0.05) is 12.1 Å². The molecule has 3 aromatic rings. The maximum Gasteiger partial charge on any atom is 0.258 e. The van der Waals surface area contributed by atoms with Crippen LogP contribution in [0.2, 0.25) is 0 Å². The third-order valence-corrected chi connectivity index (χ3v) is 5.46. The van der Waals surface area contributed by atoms with Gasteiger partial charge in [-0.25, -0.2) is 4.98 Å². The van der Waals surface area contributed by atoms with Gasteiger partial charge in [0, 0.05) is 55.9 Å². The zero-order valence-electron chi connectivity index (χ0n) is 14.8. The topological polar surface area (TPSA) is 57.9 Å². The van der Waals surface area contributed by atoms with Crippen LogP contribution >= 0.6 is 11.3 Å². The molecule has 27 heavy (non-hydrogen) atoms. The van der Waals surface area contributed by atoms with Crippen LogP contribution in [0, 0.1) is 0 Å². The van der Waals surface area contributed by atoms with Crippen molar-refractivity contribution < 1.29 is 4.79 Å². The van der Waals surface area contributed by atoms with Gasteiger partial charge in [0.15, 0.2) is 0 Å². The van der Waals surface area contributed by atoms with E-state index in [2.05, 4.69) is 9.88 Å². The summed E-state index contributed by atoms with van der Waals surface area (Å²) in [6.07, 6.45) is 5.24. The van der Waals surface area contributed by atoms with E-state index in [1.807, 2.05) is 46.7 Å². The molecular weight excluding hydrogens is 360 g/mol. The van der Waals surface area contributed by atoms with E-state index in [0.717, 1.165) is 23.7 Å². The van der Waals surface area contributed by atoms with Crippen molar-refractivity contribution in [1.82, 2.24) is 19.2 Å². The molecule has 7 heteroatoms. The van der Waals surface area contributed by atoms with E-state index in [1.54, 1.807) is 34.1 Å². The Bertz CT molecular complexity index is 1020. The van der Waals surface area contributed by atoms with Crippen LogP contribution in [0.5, 0.6) is 0 Å². The lowest BCUT2D eigenvalue weighted by atomic mass is 10.2. The summed E-state index contributed by atoms with van der Waals surface area (Å²) in [5, 5.41) is 2.00. The minimum absolute atomic E-state index is 0.0464. The van der Waals surface area contributed by atoms with Crippen LogP contribution in [0.1, 0.15) is 10.6 Å². The second-order valence-electron chi connectivity index (χ2n) is 6.46. The maximum absolute atomic E-state index is 12.3. The van der Waals surface area contributed by atoms with Gasteiger partial charge in [0.2, 0.25) is 5.91 Å². The second-order valence-corrected chi connectivity index (χ2v) is 7.44. The predicted octanol–water partition coefficient (Wildman–Crippen LogP) is 2.11. The third-order valence-electron chi connectivity index (χ3n) is 4.63. The molecule has 0 spiro atoms. The number of carbonyl (C=O) groups is 1. The smallest absolute Gasteiger partial charge is 0.258 e. The predicted molar refractivity (Wildman–Crippen MR) is 107 cm³/mol. The summed E-state index contributed by atoms with van der Waals surface area (Å²) >= 11 is 1.62. The van der Waals surface area contributed by atoms with Gasteiger partial charge in [-0.05, 0) is 29.7 Å². The van der Waals surface area contributed by atoms with Gasteiger partial charge in [0.05, 0.1) is 5.69 Å². The van der Waals surface area contributed by atoms with E-state index in [9.17, 15) is 9.59 Å². The third kappa shape index (κ3) is 4.15. The quantitative estimate of drug-likeness (QED) is 0.651. The Morgan fingerprint density at radius 1 is 1.15 bits per heavy atom. The molecule has 3 aromatic heterocycles. The zero-order valence-corrected chi connectivity index (χ0v) is 15.6. The molecule has 1 saturated heterocycles. The Hall–Kier alpha value is -2.77. The van der Waals surface area contributed by atoms with E-state index in [0.29, 0.717) is 25.3 Å². The highest BCUT2D eigenvalue weighted by molar-refractivity contribution is 7.10. The molecule has 0 saturated carbocycles. The van der Waals surface area contributed by atoms with Crippen LogP contribution in [-0.2, 0) is 11.3 Å². The van der Waals surface area contributed by atoms with Crippen LogP contribution in [0.4, 0.5) is 0 Å². The molecule has 4 rings (SSSR count). The van der Waals surface area contributed by atoms with E-state index in [-0.39, 0.29) is 11.5 Å². The fourth-order valence-corrected chi connectivity index (χ4v) is 3.80. The highest BCUT2D eigenvalue weighted by Crippen LogP contribution is 2.12. The Morgan fingerprint density at radius 3 is 2.78 bits per heavy atom. The van der Waals surface area contributed by atoms with E-state index >= 15 is 0 Å². The Labute approximate surface area is 161 Å². The highest BCUT2D eigenvalue weighted by Gasteiger charge is 2.20. The largest absolute Gasteiger partial charge is 0.337 e. The summed E-state index contributed by atoms with van der Waals surface area (Å²) < 4.78 is 1.54. The standard InChI is InChI=1S/C20H20N4O2S/c25-19(7-6-17-4-3-13-27-17)23-11-9-22(10-12-23)15-16-14-20(26)24-8-2-1-5-18(24)21-16/h1-8,13-14H,9-12,15H2/b7-6+. The Kier molecular flexibility index (Phi) is 5.13. The van der Waals surface area contributed by atoms with Crippen molar-refractivity contribution >= 4 is 29.0 Å². The van der Waals surface area contributed by atoms with Gasteiger partial charge in [0.25, 0.3) is 5.56 Å². The Morgan fingerprint density at radius 2 is 2.00 bits per heavy atom. The number of carbonyl (C=O) groups excluding carboxylic acids is 1. The van der Waals surface area contributed by atoms with Crippen molar-refractivity contribution in [2.24, 2.45) is 0 Å². The monoisotopic (exact) mass is 380 g/mol. The van der Waals surface area contributed by atoms with Crippen molar-refractivity contribution in [2.45, 2.75) is 6.54 Å². The van der Waals surface area contributed by atoms with Crippen LogP contribution in [0.25, 0.3) is 11.7 Å². The molecule has 0 aromatic carbocycles. The lowest BCUT2D eigenvalue weighted by molar-refractivity contribution is -0.127. The first kappa shape index (κ1) is 17.6. The molecule has 4 heterocycles. The number of nitrogens with zero attached hydrogens (tertiary/aromatic N) is 4. The number of pyridine rings is 1. The molecule has 1 aliphatic heterocycles. The fourth-order valence-electron chi connectivity index (χ4n) is 3.18. The number of amides is 1. The molecule has 0 aliphatic carbocycles. The number of hydrogen-bond donors (Lipinski definition) is 0. The van der Waals surface area contributed by atoms with Gasteiger partial charge in [-0.3, -0.25) is 18.9 Å². The fraction of sp³-hybridized carbons (Fsp3) is 0.250. The van der Waals surface area contributed by atoms with Crippen molar-refractivity contribution in [3.8, 4) is 0 Å². The van der Waals surface area contributed by atoms with Gasteiger partial charge in [0.1, 0.15) is 5.65 Å². The molecule has 0 bridgehead atoms. The molecule has 1 amide bonds. The molecular formula is C20H20N4O2S. The van der Waals surface area contributed by atoms with Crippen molar-refractivity contribution in [2.75, 3.05) is 26.2 Å². The summed E-state index contributed by atoms with van der Waals surface area (Å²) in [7, 11) is 0. The molecule has 1 aliphatic rings. The lowest BCUT2D eigenvalue weighted by Crippen LogP contribution is -2.48. The molecule has 6 nitrogen and oxygen atoms in total. The minimum atomic E-state index is -0.0665. The molecule has 0 radical (unpaired) electrons. The molecule has 1 fully saturated rings. The normalized spacial score (nSPS) is 15.6. The van der Waals surface area contributed by atoms with Gasteiger partial charge in [-0.15, -0.1) is 11.3 Å². The average molecular weight is 380 g/mol. The number of thiophene rings is 1. The van der Waals surface area contributed by atoms with Crippen LogP contribution < -0.4 is 5.56 Å². The van der Waals surface area contributed by atoms with Crippen molar-refractivity contribution in [1.29, 1.82) is 0 Å². The van der Waals surface area contributed by atoms with E-state index in [1.165, 1.54) is 0 Å². The van der Waals surface area contributed by atoms with Crippen LogP contribution in [0.15, 0.2) is 58.8 Å². The van der Waals surface area contributed by atoms with Crippen molar-refractivity contribution in [3.05, 3.63) is 75.0 Å². The van der Waals surface area contributed by atoms with Gasteiger partial charge >= 0.3 is 0 Å². The van der Waals surface area contributed by atoms with Crippen LogP contribution in [0.3, 0.4) is 0 Å². The van der Waals surface area contributed by atoms with Crippen LogP contribution in [-0.4, -0.2) is 51.3 Å². The SMILES string of the molecule is O=C(/C=C/c1cccs1)N1CCN(Cc2cc(=O)n3ccccc3n2)CC1. The number of rotatable bonds is 4. The second kappa shape index (κ2) is 7.85. The summed E-state index contributed by atoms with van der Waals surface area (Å²) in [4.78, 5) is 34.3. The minimum Gasteiger partial charge on any atom is -0.337 e. The summed E-state index contributed by atoms with van der Waals surface area (Å²) in [5.74, 6) is 0.0464. The number of aromatic nitrogens is 2. The molecule has 138 valence electrons. The maximum atomic E-state index is 12.3. The average Bonchev–Trinajstić information content (AvgIpc) is 3.20. The number of hydrogen-bond acceptors (Lipinski definition) is 5. The first-order chi connectivity index (χ1) is 13.2. The Balaban J connectivity index is 1.35. The van der Waals surface area contributed by atoms with E-state index < -0.39 is 0 Å². The number of piperazine rings is 1. The highest BCUT2D eigenvalue weighted by atomic mass is 32.1. The molecule has 0 N–H and O–H groups in total. The zero-order chi connectivity index (χ0) is 18.6. The number of fused-ring (bicyclic) bond motifs is 1. The first-order valence-electron chi connectivity index (χ1n) is 8.89. The van der Waals surface area contributed by atoms with Gasteiger partial charge < -0.3 is 4.90 Å². The summed E-state index contributed by atoms with van der Waals surface area (Å²) in [6, 6.07) is 11.1. The first-order valence-corrected chi connectivity index (χ1v) is 9.77. The molecule has 0 atom stereocenters. The summed E-state index contributed by atoms with van der Waals surface area (Å²) in [6.45, 7) is 3.52. The summed E-state index contributed by atoms with van der Waals surface area (Å²) in [5.41, 5.74) is 1.36. The van der Waals surface area contributed by atoms with E-state index in [4.69, 9.17) is 0 Å².